The van der Waals surface area contributed by atoms with Crippen molar-refractivity contribution in [3.8, 4) is 11.6 Å². The number of methoxy groups -OCH3 is 1. The van der Waals surface area contributed by atoms with Crippen molar-refractivity contribution in [3.05, 3.63) is 30.3 Å². The quantitative estimate of drug-likeness (QED) is 0.913. The molecule has 1 aromatic carbocycles. The molecule has 1 saturated heterocycles. The number of hydrogen-bond acceptors (Lipinski definition) is 4. The maximum atomic E-state index is 5.78. The third-order valence-electron chi connectivity index (χ3n) is 3.50. The number of hydrogen-bond donors (Lipinski definition) is 1. The zero-order chi connectivity index (χ0) is 13.1. The van der Waals surface area contributed by atoms with Gasteiger partial charge in [-0.1, -0.05) is 0 Å². The maximum Gasteiger partial charge on any atom is 0.213 e. The van der Waals surface area contributed by atoms with Crippen LogP contribution < -0.4 is 14.8 Å². The Kier molecular flexibility index (Phi) is 3.51. The molecule has 19 heavy (non-hydrogen) atoms. The number of ether oxygens (including phenoxy) is 2. The van der Waals surface area contributed by atoms with E-state index in [4.69, 9.17) is 9.47 Å². The number of benzene rings is 1. The van der Waals surface area contributed by atoms with E-state index < -0.39 is 0 Å². The molecule has 0 radical (unpaired) electrons. The van der Waals surface area contributed by atoms with Crippen molar-refractivity contribution >= 4 is 10.9 Å². The standard InChI is InChI=1S/C15H18N2O2/c1-18-13-4-2-12-3-5-15(17-14(12)8-13)19-10-11-6-7-16-9-11/h2-5,8,11,16H,6-7,9-10H2,1H3. The van der Waals surface area contributed by atoms with Gasteiger partial charge in [-0.05, 0) is 31.2 Å². The normalized spacial score (nSPS) is 18.7. The lowest BCUT2D eigenvalue weighted by Gasteiger charge is -2.10. The molecule has 0 bridgehead atoms. The molecule has 4 nitrogen and oxygen atoms in total. The Hall–Kier alpha value is -1.81. The fourth-order valence-corrected chi connectivity index (χ4v) is 2.35. The van der Waals surface area contributed by atoms with Crippen LogP contribution in [0.25, 0.3) is 10.9 Å². The van der Waals surface area contributed by atoms with Crippen molar-refractivity contribution in [2.24, 2.45) is 5.92 Å². The van der Waals surface area contributed by atoms with Crippen molar-refractivity contribution in [3.63, 3.8) is 0 Å². The molecule has 0 saturated carbocycles. The molecular weight excluding hydrogens is 240 g/mol. The highest BCUT2D eigenvalue weighted by Crippen LogP contribution is 2.22. The fourth-order valence-electron chi connectivity index (χ4n) is 2.35. The zero-order valence-electron chi connectivity index (χ0n) is 11.1. The van der Waals surface area contributed by atoms with Gasteiger partial charge >= 0.3 is 0 Å². The average molecular weight is 258 g/mol. The van der Waals surface area contributed by atoms with Crippen LogP contribution in [0, 0.1) is 5.92 Å². The lowest BCUT2D eigenvalue weighted by atomic mass is 10.1. The summed E-state index contributed by atoms with van der Waals surface area (Å²) in [6.45, 7) is 2.87. The van der Waals surface area contributed by atoms with Gasteiger partial charge in [-0.2, -0.15) is 0 Å². The Morgan fingerprint density at radius 1 is 1.32 bits per heavy atom. The Bertz CT molecular complexity index is 565. The first-order valence-electron chi connectivity index (χ1n) is 6.63. The number of fused-ring (bicyclic) bond motifs is 1. The van der Waals surface area contributed by atoms with E-state index in [1.165, 1.54) is 6.42 Å². The minimum absolute atomic E-state index is 0.600. The molecular formula is C15H18N2O2. The predicted molar refractivity (Wildman–Crippen MR) is 74.8 cm³/mol. The van der Waals surface area contributed by atoms with Gasteiger partial charge in [0.25, 0.3) is 0 Å². The van der Waals surface area contributed by atoms with Crippen LogP contribution in [-0.4, -0.2) is 31.8 Å². The molecule has 1 aliphatic rings. The van der Waals surface area contributed by atoms with E-state index in [1.807, 2.05) is 30.3 Å². The molecule has 3 rings (SSSR count). The lowest BCUT2D eigenvalue weighted by molar-refractivity contribution is 0.252. The summed E-state index contributed by atoms with van der Waals surface area (Å²) in [5, 5.41) is 4.43. The summed E-state index contributed by atoms with van der Waals surface area (Å²) in [5.41, 5.74) is 0.904. The monoisotopic (exact) mass is 258 g/mol. The predicted octanol–water partition coefficient (Wildman–Crippen LogP) is 2.23. The van der Waals surface area contributed by atoms with Crippen LogP contribution in [-0.2, 0) is 0 Å². The van der Waals surface area contributed by atoms with Crippen molar-refractivity contribution in [1.82, 2.24) is 10.3 Å². The topological polar surface area (TPSA) is 43.4 Å². The van der Waals surface area contributed by atoms with Crippen LogP contribution in [0.15, 0.2) is 30.3 Å². The molecule has 1 unspecified atom stereocenters. The first kappa shape index (κ1) is 12.2. The van der Waals surface area contributed by atoms with Gasteiger partial charge in [0.15, 0.2) is 0 Å². The molecule has 0 amide bonds. The molecule has 1 aliphatic heterocycles. The van der Waals surface area contributed by atoms with Crippen molar-refractivity contribution < 1.29 is 9.47 Å². The third-order valence-corrected chi connectivity index (χ3v) is 3.50. The maximum absolute atomic E-state index is 5.78. The van der Waals surface area contributed by atoms with E-state index in [0.717, 1.165) is 36.3 Å². The lowest BCUT2D eigenvalue weighted by Crippen LogP contribution is -2.15. The Balaban J connectivity index is 1.75. The Morgan fingerprint density at radius 3 is 3.00 bits per heavy atom. The molecule has 0 aliphatic carbocycles. The molecule has 1 aromatic heterocycles. The van der Waals surface area contributed by atoms with Gasteiger partial charge in [0.05, 0.1) is 19.2 Å². The number of nitrogens with one attached hydrogen (secondary N) is 1. The smallest absolute Gasteiger partial charge is 0.213 e. The molecule has 100 valence electrons. The van der Waals surface area contributed by atoms with Crippen molar-refractivity contribution in [1.29, 1.82) is 0 Å². The first-order chi connectivity index (χ1) is 9.35. The first-order valence-corrected chi connectivity index (χ1v) is 6.63. The zero-order valence-corrected chi connectivity index (χ0v) is 11.1. The van der Waals surface area contributed by atoms with E-state index in [9.17, 15) is 0 Å². The summed E-state index contributed by atoms with van der Waals surface area (Å²) in [6, 6.07) is 9.83. The van der Waals surface area contributed by atoms with Crippen LogP contribution in [0.1, 0.15) is 6.42 Å². The molecule has 1 atom stereocenters. The van der Waals surface area contributed by atoms with Gasteiger partial charge in [0, 0.05) is 30.0 Å². The van der Waals surface area contributed by atoms with E-state index in [1.54, 1.807) is 7.11 Å². The van der Waals surface area contributed by atoms with E-state index in [0.29, 0.717) is 11.8 Å². The van der Waals surface area contributed by atoms with Gasteiger partial charge in [0.2, 0.25) is 5.88 Å². The minimum Gasteiger partial charge on any atom is -0.497 e. The molecule has 1 fully saturated rings. The highest BCUT2D eigenvalue weighted by atomic mass is 16.5. The summed E-state index contributed by atoms with van der Waals surface area (Å²) < 4.78 is 11.0. The van der Waals surface area contributed by atoms with Crippen molar-refractivity contribution in [2.75, 3.05) is 26.8 Å². The van der Waals surface area contributed by atoms with E-state index in [2.05, 4.69) is 10.3 Å². The fraction of sp³-hybridized carbons (Fsp3) is 0.400. The van der Waals surface area contributed by atoms with Gasteiger partial charge in [-0.25, -0.2) is 4.98 Å². The summed E-state index contributed by atoms with van der Waals surface area (Å²) >= 11 is 0. The summed E-state index contributed by atoms with van der Waals surface area (Å²) in [4.78, 5) is 4.52. The van der Waals surface area contributed by atoms with E-state index >= 15 is 0 Å². The van der Waals surface area contributed by atoms with Crippen LogP contribution in [0.4, 0.5) is 0 Å². The third kappa shape index (κ3) is 2.79. The molecule has 2 aromatic rings. The molecule has 1 N–H and O–H groups in total. The largest absolute Gasteiger partial charge is 0.497 e. The number of nitrogens with zero attached hydrogens (tertiary/aromatic N) is 1. The van der Waals surface area contributed by atoms with Gasteiger partial charge in [-0.15, -0.1) is 0 Å². The van der Waals surface area contributed by atoms with Crippen LogP contribution in [0.5, 0.6) is 11.6 Å². The number of pyridine rings is 1. The summed E-state index contributed by atoms with van der Waals surface area (Å²) in [7, 11) is 1.66. The second-order valence-corrected chi connectivity index (χ2v) is 4.88. The Labute approximate surface area is 112 Å². The van der Waals surface area contributed by atoms with Gasteiger partial charge < -0.3 is 14.8 Å². The highest BCUT2D eigenvalue weighted by molar-refractivity contribution is 5.80. The minimum atomic E-state index is 0.600. The van der Waals surface area contributed by atoms with Gasteiger partial charge in [0.1, 0.15) is 5.75 Å². The van der Waals surface area contributed by atoms with Crippen molar-refractivity contribution in [2.45, 2.75) is 6.42 Å². The SMILES string of the molecule is COc1ccc2ccc(OCC3CCNC3)nc2c1. The van der Waals surface area contributed by atoms with Crippen LogP contribution >= 0.6 is 0 Å². The molecule has 0 spiro atoms. The van der Waals surface area contributed by atoms with Gasteiger partial charge in [-0.3, -0.25) is 0 Å². The highest BCUT2D eigenvalue weighted by Gasteiger charge is 2.15. The van der Waals surface area contributed by atoms with Crippen LogP contribution in [0.2, 0.25) is 0 Å². The molecule has 4 heteroatoms. The van der Waals surface area contributed by atoms with Crippen LogP contribution in [0.3, 0.4) is 0 Å². The average Bonchev–Trinajstić information content (AvgIpc) is 2.97. The molecule has 2 heterocycles. The second kappa shape index (κ2) is 5.45. The second-order valence-electron chi connectivity index (χ2n) is 4.88. The van der Waals surface area contributed by atoms with E-state index in [-0.39, 0.29) is 0 Å². The summed E-state index contributed by atoms with van der Waals surface area (Å²) in [5.74, 6) is 2.10. The number of aromatic nitrogens is 1. The number of rotatable bonds is 4. The Morgan fingerprint density at radius 2 is 2.21 bits per heavy atom. The summed E-state index contributed by atoms with van der Waals surface area (Å²) in [6.07, 6.45) is 1.18.